The van der Waals surface area contributed by atoms with E-state index in [-0.39, 0.29) is 24.9 Å². The first-order chi connectivity index (χ1) is 12.9. The first-order valence-corrected chi connectivity index (χ1v) is 11.3. The highest BCUT2D eigenvalue weighted by Crippen LogP contribution is 2.11. The SMILES string of the molecule is CCCCCCCCCCCCCC(=O)NCCC[N+](C)(C)CC(O)CO.[Cl-]. The Balaban J connectivity index is 0. The molecule has 1 unspecified atom stereocenters. The van der Waals surface area contributed by atoms with Crippen molar-refractivity contribution >= 4 is 5.91 Å². The average molecular weight is 423 g/mol. The van der Waals surface area contributed by atoms with Crippen LogP contribution in [0.15, 0.2) is 0 Å². The summed E-state index contributed by atoms with van der Waals surface area (Å²) in [6.07, 6.45) is 15.2. The van der Waals surface area contributed by atoms with Gasteiger partial charge in [-0.3, -0.25) is 4.79 Å². The van der Waals surface area contributed by atoms with Crippen LogP contribution in [0.4, 0.5) is 0 Å². The number of nitrogens with one attached hydrogen (secondary N) is 1. The molecule has 6 heteroatoms. The van der Waals surface area contributed by atoms with Crippen LogP contribution in [0.25, 0.3) is 0 Å². The first-order valence-electron chi connectivity index (χ1n) is 11.3. The fourth-order valence-electron chi connectivity index (χ4n) is 3.49. The number of amides is 1. The number of hydrogen-bond acceptors (Lipinski definition) is 3. The van der Waals surface area contributed by atoms with Crippen molar-refractivity contribution in [2.45, 2.75) is 96.5 Å². The number of quaternary nitrogens is 1. The van der Waals surface area contributed by atoms with E-state index >= 15 is 0 Å². The summed E-state index contributed by atoms with van der Waals surface area (Å²) in [4.78, 5) is 11.9. The van der Waals surface area contributed by atoms with Crippen LogP contribution in [0, 0.1) is 0 Å². The summed E-state index contributed by atoms with van der Waals surface area (Å²) in [6.45, 7) is 4.15. The summed E-state index contributed by atoms with van der Waals surface area (Å²) in [6, 6.07) is 0. The number of aliphatic hydroxyl groups is 2. The third kappa shape index (κ3) is 20.4. The van der Waals surface area contributed by atoms with Crippen LogP contribution in [0.2, 0.25) is 0 Å². The van der Waals surface area contributed by atoms with Gasteiger partial charge in [-0.15, -0.1) is 0 Å². The third-order valence-corrected chi connectivity index (χ3v) is 5.19. The van der Waals surface area contributed by atoms with Crippen molar-refractivity contribution in [1.82, 2.24) is 5.32 Å². The zero-order valence-electron chi connectivity index (χ0n) is 18.7. The van der Waals surface area contributed by atoms with Gasteiger partial charge in [0.25, 0.3) is 0 Å². The van der Waals surface area contributed by atoms with Crippen LogP contribution >= 0.6 is 0 Å². The van der Waals surface area contributed by atoms with E-state index in [2.05, 4.69) is 12.2 Å². The van der Waals surface area contributed by atoms with Gasteiger partial charge in [-0.25, -0.2) is 0 Å². The summed E-state index contributed by atoms with van der Waals surface area (Å²) < 4.78 is 0.649. The van der Waals surface area contributed by atoms with E-state index in [1.165, 1.54) is 57.8 Å². The standard InChI is InChI=1S/C22H46N2O3.ClH/c1-4-5-6-7-8-9-10-11-12-13-14-16-22(27)23-17-15-18-24(2,3)19-21(26)20-25;/h21,25-26H,4-20H2,1-3H3;1H. The summed E-state index contributed by atoms with van der Waals surface area (Å²) in [5.41, 5.74) is 0. The predicted molar refractivity (Wildman–Crippen MR) is 114 cm³/mol. The molecule has 0 aliphatic heterocycles. The number of halogens is 1. The van der Waals surface area contributed by atoms with Crippen LogP contribution in [-0.4, -0.2) is 67.0 Å². The van der Waals surface area contributed by atoms with Gasteiger partial charge >= 0.3 is 0 Å². The maximum Gasteiger partial charge on any atom is 0.219 e. The number of hydrogen-bond donors (Lipinski definition) is 3. The molecule has 0 aliphatic rings. The Morgan fingerprint density at radius 2 is 1.39 bits per heavy atom. The minimum absolute atomic E-state index is 0. The van der Waals surface area contributed by atoms with E-state index < -0.39 is 6.10 Å². The molecule has 3 N–H and O–H groups in total. The Morgan fingerprint density at radius 1 is 0.893 bits per heavy atom. The van der Waals surface area contributed by atoms with Gasteiger partial charge in [0, 0.05) is 19.4 Å². The summed E-state index contributed by atoms with van der Waals surface area (Å²) in [7, 11) is 4.07. The van der Waals surface area contributed by atoms with E-state index in [1.807, 2.05) is 14.1 Å². The lowest BCUT2D eigenvalue weighted by Crippen LogP contribution is -3.00. The predicted octanol–water partition coefficient (Wildman–Crippen LogP) is 0.627. The topological polar surface area (TPSA) is 69.6 Å². The number of carbonyl (C=O) groups excluding carboxylic acids is 1. The molecule has 0 saturated carbocycles. The molecule has 1 atom stereocenters. The van der Waals surface area contributed by atoms with Gasteiger partial charge in [0.2, 0.25) is 5.91 Å². The summed E-state index contributed by atoms with van der Waals surface area (Å²) in [5, 5.41) is 21.5. The van der Waals surface area contributed by atoms with E-state index in [9.17, 15) is 9.90 Å². The van der Waals surface area contributed by atoms with Crippen molar-refractivity contribution in [2.75, 3.05) is 40.3 Å². The summed E-state index contributed by atoms with van der Waals surface area (Å²) >= 11 is 0. The Hall–Kier alpha value is -0.360. The quantitative estimate of drug-likeness (QED) is 0.211. The molecule has 1 amide bonds. The molecular formula is C22H47ClN2O3. The van der Waals surface area contributed by atoms with Gasteiger partial charge in [0.05, 0.1) is 27.2 Å². The van der Waals surface area contributed by atoms with Gasteiger partial charge in [-0.05, 0) is 6.42 Å². The lowest BCUT2D eigenvalue weighted by Gasteiger charge is -2.31. The molecule has 0 aromatic carbocycles. The number of nitrogens with zero attached hydrogens (tertiary/aromatic N) is 1. The molecular weight excluding hydrogens is 376 g/mol. The van der Waals surface area contributed by atoms with Crippen molar-refractivity contribution in [3.63, 3.8) is 0 Å². The highest BCUT2D eigenvalue weighted by molar-refractivity contribution is 5.75. The number of aliphatic hydroxyl groups excluding tert-OH is 2. The lowest BCUT2D eigenvalue weighted by molar-refractivity contribution is -0.893. The highest BCUT2D eigenvalue weighted by atomic mass is 35.5. The third-order valence-electron chi connectivity index (χ3n) is 5.19. The normalized spacial score (nSPS) is 12.5. The second-order valence-electron chi connectivity index (χ2n) is 8.67. The Morgan fingerprint density at radius 3 is 1.89 bits per heavy atom. The van der Waals surface area contributed by atoms with E-state index in [0.29, 0.717) is 24.0 Å². The zero-order valence-corrected chi connectivity index (χ0v) is 19.5. The van der Waals surface area contributed by atoms with E-state index in [0.717, 1.165) is 25.8 Å². The Kier molecular flexibility index (Phi) is 21.2. The van der Waals surface area contributed by atoms with Gasteiger partial charge in [0.1, 0.15) is 12.6 Å². The Bertz CT molecular complexity index is 355. The molecule has 5 nitrogen and oxygen atoms in total. The van der Waals surface area contributed by atoms with Crippen LogP contribution < -0.4 is 17.7 Å². The van der Waals surface area contributed by atoms with Crippen molar-refractivity contribution in [3.8, 4) is 0 Å². The highest BCUT2D eigenvalue weighted by Gasteiger charge is 2.19. The first kappa shape index (κ1) is 29.8. The zero-order chi connectivity index (χ0) is 20.4. The van der Waals surface area contributed by atoms with Gasteiger partial charge in [0.15, 0.2) is 0 Å². The average Bonchev–Trinajstić information content (AvgIpc) is 2.62. The molecule has 0 radical (unpaired) electrons. The summed E-state index contributed by atoms with van der Waals surface area (Å²) in [5.74, 6) is 0.159. The number of rotatable bonds is 19. The fraction of sp³-hybridized carbons (Fsp3) is 0.955. The molecule has 28 heavy (non-hydrogen) atoms. The molecule has 0 aromatic heterocycles. The van der Waals surface area contributed by atoms with Crippen LogP contribution in [0.3, 0.4) is 0 Å². The van der Waals surface area contributed by atoms with Crippen LogP contribution in [-0.2, 0) is 4.79 Å². The number of unbranched alkanes of at least 4 members (excludes halogenated alkanes) is 10. The second-order valence-corrected chi connectivity index (χ2v) is 8.67. The minimum Gasteiger partial charge on any atom is -1.00 e. The maximum absolute atomic E-state index is 11.9. The molecule has 170 valence electrons. The molecule has 0 saturated heterocycles. The molecule has 0 bridgehead atoms. The van der Waals surface area contributed by atoms with Crippen molar-refractivity contribution < 1.29 is 31.9 Å². The van der Waals surface area contributed by atoms with E-state index in [1.54, 1.807) is 0 Å². The van der Waals surface area contributed by atoms with Crippen molar-refractivity contribution in [1.29, 1.82) is 0 Å². The van der Waals surface area contributed by atoms with Crippen LogP contribution in [0.5, 0.6) is 0 Å². The number of likely N-dealkylation sites (N-methyl/N-ethyl adjacent to an activating group) is 1. The van der Waals surface area contributed by atoms with Gasteiger partial charge in [-0.1, -0.05) is 71.1 Å². The second kappa shape index (κ2) is 19.9. The van der Waals surface area contributed by atoms with Gasteiger partial charge < -0.3 is 32.4 Å². The van der Waals surface area contributed by atoms with Crippen molar-refractivity contribution in [3.05, 3.63) is 0 Å². The lowest BCUT2D eigenvalue weighted by atomic mass is 10.1. The molecule has 0 aromatic rings. The maximum atomic E-state index is 11.9. The Labute approximate surface area is 180 Å². The molecule has 0 heterocycles. The molecule has 0 rings (SSSR count). The molecule has 0 aliphatic carbocycles. The smallest absolute Gasteiger partial charge is 0.219 e. The molecule has 0 fully saturated rings. The number of carbonyl (C=O) groups is 1. The van der Waals surface area contributed by atoms with E-state index in [4.69, 9.17) is 5.11 Å². The fourth-order valence-corrected chi connectivity index (χ4v) is 3.49. The molecule has 0 spiro atoms. The minimum atomic E-state index is -0.671. The largest absolute Gasteiger partial charge is 1.00 e. The van der Waals surface area contributed by atoms with Gasteiger partial charge in [-0.2, -0.15) is 0 Å². The van der Waals surface area contributed by atoms with Crippen LogP contribution in [0.1, 0.15) is 90.4 Å². The monoisotopic (exact) mass is 422 g/mol. The van der Waals surface area contributed by atoms with Crippen molar-refractivity contribution in [2.24, 2.45) is 0 Å².